The molecule has 5 aromatic rings. The van der Waals surface area contributed by atoms with Gasteiger partial charge in [0.15, 0.2) is 17.1 Å². The smallest absolute Gasteiger partial charge is 0.416 e. The van der Waals surface area contributed by atoms with E-state index < -0.39 is 22.8 Å². The zero-order chi connectivity index (χ0) is 36.4. The van der Waals surface area contributed by atoms with E-state index in [2.05, 4.69) is 53.5 Å². The number of hydrogen-bond donors (Lipinski definition) is 0. The van der Waals surface area contributed by atoms with Crippen molar-refractivity contribution in [3.05, 3.63) is 124 Å². The predicted molar refractivity (Wildman–Crippen MR) is 205 cm³/mol. The lowest BCUT2D eigenvalue weighted by molar-refractivity contribution is -0.137. The third-order valence-electron chi connectivity index (χ3n) is 12.3. The lowest BCUT2D eigenvalue weighted by atomic mass is 9.69. The maximum absolute atomic E-state index is 14.4. The number of hydrogen-bond acceptors (Lipinski definition) is 4. The topological polar surface area (TPSA) is 30.9 Å². The monoisotopic (exact) mass is 715 g/mol. The van der Waals surface area contributed by atoms with Crippen molar-refractivity contribution in [1.29, 1.82) is 0 Å². The summed E-state index contributed by atoms with van der Waals surface area (Å²) < 4.78 is 62.5. The number of methoxy groups -OCH3 is 2. The van der Waals surface area contributed by atoms with Crippen molar-refractivity contribution in [3.63, 3.8) is 0 Å². The maximum atomic E-state index is 14.4. The predicted octanol–water partition coefficient (Wildman–Crippen LogP) is 11.8. The molecule has 0 aromatic heterocycles. The van der Waals surface area contributed by atoms with Crippen LogP contribution in [0.25, 0.3) is 28.0 Å². The van der Waals surface area contributed by atoms with Gasteiger partial charge in [0.25, 0.3) is 0 Å². The van der Waals surface area contributed by atoms with Gasteiger partial charge in [-0.1, -0.05) is 80.3 Å². The van der Waals surface area contributed by atoms with Gasteiger partial charge in [-0.3, -0.25) is 0 Å². The van der Waals surface area contributed by atoms with Gasteiger partial charge in [-0.05, 0) is 102 Å². The van der Waals surface area contributed by atoms with Crippen molar-refractivity contribution in [1.82, 2.24) is 0 Å². The molecule has 2 fully saturated rings. The van der Waals surface area contributed by atoms with Gasteiger partial charge in [-0.15, -0.1) is 0 Å². The van der Waals surface area contributed by atoms with Crippen LogP contribution in [0.3, 0.4) is 0 Å². The zero-order valence-electron chi connectivity index (χ0n) is 30.3. The second-order valence-electron chi connectivity index (χ2n) is 15.1. The van der Waals surface area contributed by atoms with Crippen molar-refractivity contribution in [2.24, 2.45) is 0 Å². The first-order valence-corrected chi connectivity index (χ1v) is 19.0. The van der Waals surface area contributed by atoms with Gasteiger partial charge < -0.3 is 19.1 Å². The third kappa shape index (κ3) is 5.32. The molecule has 0 bridgehead atoms. The Bertz CT molecular complexity index is 2210. The van der Waals surface area contributed by atoms with Gasteiger partial charge in [0, 0.05) is 46.3 Å². The van der Waals surface area contributed by atoms with Crippen LogP contribution in [-0.2, 0) is 17.2 Å². The highest BCUT2D eigenvalue weighted by Gasteiger charge is 2.49. The second kappa shape index (κ2) is 12.9. The molecule has 5 aromatic carbocycles. The lowest BCUT2D eigenvalue weighted by Gasteiger charge is -2.40. The van der Waals surface area contributed by atoms with E-state index in [0.29, 0.717) is 17.2 Å². The Hall–Kier alpha value is -4.91. The molecule has 1 unspecified atom stereocenters. The Kier molecular flexibility index (Phi) is 8.24. The van der Waals surface area contributed by atoms with Crippen molar-refractivity contribution < 1.29 is 27.4 Å². The highest BCUT2D eigenvalue weighted by molar-refractivity contribution is 6.09. The molecular weight excluding hydrogens is 672 g/mol. The number of ether oxygens (including phenoxy) is 3. The first-order valence-electron chi connectivity index (χ1n) is 19.0. The summed E-state index contributed by atoms with van der Waals surface area (Å²) in [5.74, 6) is 1.83. The Balaban J connectivity index is 1.33. The maximum Gasteiger partial charge on any atom is 0.416 e. The molecule has 2 aliphatic carbocycles. The molecule has 0 N–H and O–H groups in total. The normalized spacial score (nSPS) is 20.4. The third-order valence-corrected chi connectivity index (χ3v) is 12.3. The standard InChI is InChI=1S/C46H44F3NO3/c1-51-39-28-36-37(29-40(39)52-2)43-35(42-41(36)34-20-17-32(46(47,48)49)27-38(34)44(42)22-9-3-4-10-23-44)21-24-45(53-43,30-13-7-5-8-14-30)31-15-18-33(19-16-31)50-25-11-6-12-26-50/h5,7-8,13-21,24,27-29H,3-4,6,9-12,22-23,25-26H2,1-2H3. The lowest BCUT2D eigenvalue weighted by Crippen LogP contribution is -2.35. The summed E-state index contributed by atoms with van der Waals surface area (Å²) in [5.41, 5.74) is 5.65. The summed E-state index contributed by atoms with van der Waals surface area (Å²) in [4.78, 5) is 2.46. The molecule has 272 valence electrons. The van der Waals surface area contributed by atoms with Crippen LogP contribution >= 0.6 is 0 Å². The number of rotatable bonds is 5. The molecule has 7 heteroatoms. The van der Waals surface area contributed by atoms with Crippen LogP contribution in [0.15, 0.2) is 91.0 Å². The fourth-order valence-corrected chi connectivity index (χ4v) is 9.80. The molecule has 0 radical (unpaired) electrons. The van der Waals surface area contributed by atoms with Gasteiger partial charge in [-0.2, -0.15) is 13.2 Å². The number of piperidine rings is 1. The van der Waals surface area contributed by atoms with Gasteiger partial charge >= 0.3 is 6.18 Å². The summed E-state index contributed by atoms with van der Waals surface area (Å²) >= 11 is 0. The SMILES string of the molecule is COc1cc2c3c(c4c(c2cc1OC)-c1ccc(C(F)(F)F)cc1C41CCCCCC1)C=CC(c1ccccc1)(c1ccc(N2CCCCC2)cc1)O3. The molecule has 1 atom stereocenters. The van der Waals surface area contributed by atoms with Gasteiger partial charge in [0.05, 0.1) is 19.8 Å². The van der Waals surface area contributed by atoms with E-state index in [-0.39, 0.29) is 0 Å². The van der Waals surface area contributed by atoms with E-state index in [0.717, 1.165) is 101 Å². The average molecular weight is 716 g/mol. The number of fused-ring (bicyclic) bond motifs is 10. The number of halogens is 3. The van der Waals surface area contributed by atoms with E-state index in [1.165, 1.54) is 37.1 Å². The summed E-state index contributed by atoms with van der Waals surface area (Å²) in [5, 5.41) is 1.72. The van der Waals surface area contributed by atoms with Gasteiger partial charge in [0.2, 0.25) is 0 Å². The number of nitrogens with zero attached hydrogens (tertiary/aromatic N) is 1. The molecule has 1 saturated heterocycles. The highest BCUT2D eigenvalue weighted by atomic mass is 19.4. The Morgan fingerprint density at radius 3 is 2.00 bits per heavy atom. The molecule has 2 heterocycles. The molecule has 4 nitrogen and oxygen atoms in total. The minimum absolute atomic E-state index is 0.561. The van der Waals surface area contributed by atoms with E-state index in [9.17, 15) is 13.2 Å². The Morgan fingerprint density at radius 2 is 1.34 bits per heavy atom. The fourth-order valence-electron chi connectivity index (χ4n) is 9.80. The van der Waals surface area contributed by atoms with Crippen LogP contribution in [0.4, 0.5) is 18.9 Å². The molecule has 9 rings (SSSR count). The van der Waals surface area contributed by atoms with Gasteiger partial charge in [-0.25, -0.2) is 0 Å². The van der Waals surface area contributed by atoms with Crippen LogP contribution in [0, 0.1) is 0 Å². The second-order valence-corrected chi connectivity index (χ2v) is 15.1. The molecular formula is C46H44F3NO3. The Labute approximate surface area is 309 Å². The summed E-state index contributed by atoms with van der Waals surface area (Å²) in [6.07, 6.45) is 9.13. The molecule has 2 aliphatic heterocycles. The highest BCUT2D eigenvalue weighted by Crippen LogP contribution is 2.63. The first-order chi connectivity index (χ1) is 25.8. The summed E-state index contributed by atoms with van der Waals surface area (Å²) in [6.45, 7) is 2.12. The summed E-state index contributed by atoms with van der Waals surface area (Å²) in [6, 6.07) is 27.4. The minimum Gasteiger partial charge on any atom is -0.493 e. The average Bonchev–Trinajstić information content (AvgIpc) is 3.29. The van der Waals surface area contributed by atoms with Crippen molar-refractivity contribution in [2.75, 3.05) is 32.2 Å². The van der Waals surface area contributed by atoms with Crippen LogP contribution in [0.5, 0.6) is 17.2 Å². The summed E-state index contributed by atoms with van der Waals surface area (Å²) in [7, 11) is 3.24. The van der Waals surface area contributed by atoms with Crippen molar-refractivity contribution in [3.8, 4) is 28.4 Å². The van der Waals surface area contributed by atoms with E-state index >= 15 is 0 Å². The van der Waals surface area contributed by atoms with Crippen molar-refractivity contribution in [2.45, 2.75) is 75.0 Å². The number of alkyl halides is 3. The molecule has 0 amide bonds. The molecule has 1 spiro atoms. The molecule has 4 aliphatic rings. The fraction of sp³-hybridized carbons (Fsp3) is 0.348. The van der Waals surface area contributed by atoms with E-state index in [1.807, 2.05) is 30.3 Å². The first kappa shape index (κ1) is 33.9. The number of benzene rings is 5. The zero-order valence-corrected chi connectivity index (χ0v) is 30.3. The van der Waals surface area contributed by atoms with Crippen LogP contribution < -0.4 is 19.1 Å². The Morgan fingerprint density at radius 1 is 0.698 bits per heavy atom. The number of anilines is 1. The van der Waals surface area contributed by atoms with Gasteiger partial charge in [0.1, 0.15) is 5.75 Å². The molecule has 1 saturated carbocycles. The largest absolute Gasteiger partial charge is 0.493 e. The van der Waals surface area contributed by atoms with E-state index in [1.54, 1.807) is 20.3 Å². The van der Waals surface area contributed by atoms with Crippen LogP contribution in [-0.4, -0.2) is 27.3 Å². The van der Waals surface area contributed by atoms with Crippen LogP contribution in [0.1, 0.15) is 91.2 Å². The van der Waals surface area contributed by atoms with Crippen LogP contribution in [0.2, 0.25) is 0 Å². The van der Waals surface area contributed by atoms with Crippen molar-refractivity contribution >= 4 is 22.5 Å². The molecule has 53 heavy (non-hydrogen) atoms. The van der Waals surface area contributed by atoms with E-state index in [4.69, 9.17) is 14.2 Å². The minimum atomic E-state index is -4.45. The quantitative estimate of drug-likeness (QED) is 0.181.